The third-order valence-corrected chi connectivity index (χ3v) is 6.83. The monoisotopic (exact) mass is 364 g/mol. The van der Waals surface area contributed by atoms with Crippen molar-refractivity contribution in [2.75, 3.05) is 12.3 Å². The van der Waals surface area contributed by atoms with Gasteiger partial charge in [-0.05, 0) is 45.6 Å². The van der Waals surface area contributed by atoms with E-state index in [4.69, 9.17) is 5.73 Å². The average molecular weight is 365 g/mol. The van der Waals surface area contributed by atoms with E-state index < -0.39 is 0 Å². The van der Waals surface area contributed by atoms with Crippen molar-refractivity contribution >= 4 is 39.2 Å². The summed E-state index contributed by atoms with van der Waals surface area (Å²) in [6.45, 7) is 7.01. The van der Waals surface area contributed by atoms with E-state index in [1.54, 1.807) is 17.7 Å². The van der Waals surface area contributed by atoms with Gasteiger partial charge in [0.15, 0.2) is 0 Å². The van der Waals surface area contributed by atoms with E-state index >= 15 is 0 Å². The molecule has 1 aliphatic rings. The van der Waals surface area contributed by atoms with E-state index in [-0.39, 0.29) is 18.0 Å². The second-order valence-corrected chi connectivity index (χ2v) is 8.61. The lowest BCUT2D eigenvalue weighted by Gasteiger charge is -2.38. The summed E-state index contributed by atoms with van der Waals surface area (Å²) in [5.41, 5.74) is 7.30. The zero-order chi connectivity index (χ0) is 17.3. The molecule has 0 spiro atoms. The summed E-state index contributed by atoms with van der Waals surface area (Å²) in [4.78, 5) is 25.7. The van der Waals surface area contributed by atoms with Gasteiger partial charge in [0.1, 0.15) is 16.2 Å². The standard InChI is InChI=1S/C17H24N4OS2/c1-10-12(3)24-17-15(10)16(19-9-20-17)23-8-14(22)21-7-5-4-6-13(21)11(2)18/h9,11,13H,4-8,18H2,1-3H3. The summed E-state index contributed by atoms with van der Waals surface area (Å²) in [5, 5.41) is 2.00. The number of likely N-dealkylation sites (tertiary alicyclic amines) is 1. The maximum atomic E-state index is 12.7. The molecule has 2 N–H and O–H groups in total. The third-order valence-electron chi connectivity index (χ3n) is 4.74. The van der Waals surface area contributed by atoms with E-state index in [1.165, 1.54) is 22.2 Å². The highest BCUT2D eigenvalue weighted by atomic mass is 32.2. The van der Waals surface area contributed by atoms with Crippen molar-refractivity contribution in [1.82, 2.24) is 14.9 Å². The minimum atomic E-state index is 0.0202. The van der Waals surface area contributed by atoms with Crippen molar-refractivity contribution in [3.8, 4) is 0 Å². The Labute approximate surface area is 151 Å². The van der Waals surface area contributed by atoms with Gasteiger partial charge in [0.25, 0.3) is 0 Å². The lowest BCUT2D eigenvalue weighted by atomic mass is 9.97. The van der Waals surface area contributed by atoms with Crippen LogP contribution in [0.5, 0.6) is 0 Å². The Morgan fingerprint density at radius 2 is 2.25 bits per heavy atom. The molecular formula is C17H24N4OS2. The summed E-state index contributed by atoms with van der Waals surface area (Å²) in [6.07, 6.45) is 4.83. The van der Waals surface area contributed by atoms with Gasteiger partial charge in [-0.3, -0.25) is 4.79 Å². The zero-order valence-electron chi connectivity index (χ0n) is 14.4. The quantitative estimate of drug-likeness (QED) is 0.666. The van der Waals surface area contributed by atoms with Crippen LogP contribution in [0.25, 0.3) is 10.2 Å². The van der Waals surface area contributed by atoms with Gasteiger partial charge < -0.3 is 10.6 Å². The van der Waals surface area contributed by atoms with Crippen molar-refractivity contribution in [2.24, 2.45) is 5.73 Å². The Kier molecular flexibility index (Phi) is 5.42. The van der Waals surface area contributed by atoms with Gasteiger partial charge in [-0.1, -0.05) is 11.8 Å². The minimum absolute atomic E-state index is 0.0202. The molecule has 5 nitrogen and oxygen atoms in total. The van der Waals surface area contributed by atoms with Crippen LogP contribution in [-0.2, 0) is 4.79 Å². The van der Waals surface area contributed by atoms with Gasteiger partial charge in [0, 0.05) is 28.9 Å². The lowest BCUT2D eigenvalue weighted by molar-refractivity contribution is -0.132. The van der Waals surface area contributed by atoms with Crippen molar-refractivity contribution in [3.63, 3.8) is 0 Å². The number of thiophene rings is 1. The first-order chi connectivity index (χ1) is 11.5. The normalized spacial score (nSPS) is 19.7. The molecule has 2 aromatic rings. The molecule has 0 saturated carbocycles. The number of carbonyl (C=O) groups excluding carboxylic acids is 1. The van der Waals surface area contributed by atoms with Crippen LogP contribution in [0.4, 0.5) is 0 Å². The number of carbonyl (C=O) groups is 1. The lowest BCUT2D eigenvalue weighted by Crippen LogP contribution is -2.52. The second kappa shape index (κ2) is 7.37. The first-order valence-electron chi connectivity index (χ1n) is 8.37. The molecule has 24 heavy (non-hydrogen) atoms. The summed E-state index contributed by atoms with van der Waals surface area (Å²) in [5.74, 6) is 0.572. The Morgan fingerprint density at radius 3 is 3.00 bits per heavy atom. The Bertz CT molecular complexity index is 744. The van der Waals surface area contributed by atoms with Crippen LogP contribution in [0.1, 0.15) is 36.6 Å². The van der Waals surface area contributed by atoms with Crippen LogP contribution in [0.2, 0.25) is 0 Å². The molecule has 7 heteroatoms. The number of aromatic nitrogens is 2. The van der Waals surface area contributed by atoms with Crippen molar-refractivity contribution in [2.45, 2.75) is 57.1 Å². The van der Waals surface area contributed by atoms with Gasteiger partial charge in [-0.25, -0.2) is 9.97 Å². The van der Waals surface area contributed by atoms with Crippen LogP contribution >= 0.6 is 23.1 Å². The van der Waals surface area contributed by atoms with E-state index in [0.29, 0.717) is 5.75 Å². The van der Waals surface area contributed by atoms with Crippen molar-refractivity contribution in [3.05, 3.63) is 16.8 Å². The van der Waals surface area contributed by atoms with Gasteiger partial charge in [-0.15, -0.1) is 11.3 Å². The highest BCUT2D eigenvalue weighted by Gasteiger charge is 2.29. The fourth-order valence-corrected chi connectivity index (χ4v) is 5.29. The van der Waals surface area contributed by atoms with E-state index in [1.807, 2.05) is 11.8 Å². The molecule has 3 heterocycles. The molecule has 1 fully saturated rings. The average Bonchev–Trinajstić information content (AvgIpc) is 2.87. The smallest absolute Gasteiger partial charge is 0.233 e. The number of hydrogen-bond donors (Lipinski definition) is 1. The molecule has 2 atom stereocenters. The summed E-state index contributed by atoms with van der Waals surface area (Å²) in [6, 6.07) is 0.189. The largest absolute Gasteiger partial charge is 0.337 e. The van der Waals surface area contributed by atoms with E-state index in [9.17, 15) is 4.79 Å². The molecule has 2 aromatic heterocycles. The Balaban J connectivity index is 1.75. The van der Waals surface area contributed by atoms with Crippen LogP contribution in [-0.4, -0.2) is 45.2 Å². The van der Waals surface area contributed by atoms with Crippen LogP contribution in [0.3, 0.4) is 0 Å². The van der Waals surface area contributed by atoms with Gasteiger partial charge in [0.2, 0.25) is 5.91 Å². The molecule has 1 saturated heterocycles. The molecule has 0 bridgehead atoms. The number of hydrogen-bond acceptors (Lipinski definition) is 6. The van der Waals surface area contributed by atoms with Crippen molar-refractivity contribution < 1.29 is 4.79 Å². The Hall–Kier alpha value is -1.18. The summed E-state index contributed by atoms with van der Waals surface area (Å²) >= 11 is 3.20. The van der Waals surface area contributed by atoms with E-state index in [2.05, 4.69) is 23.8 Å². The van der Waals surface area contributed by atoms with E-state index in [0.717, 1.165) is 41.0 Å². The molecule has 2 unspecified atom stereocenters. The first kappa shape index (κ1) is 17.6. The topological polar surface area (TPSA) is 72.1 Å². The van der Waals surface area contributed by atoms with Crippen molar-refractivity contribution in [1.29, 1.82) is 0 Å². The van der Waals surface area contributed by atoms with Crippen LogP contribution in [0.15, 0.2) is 11.4 Å². The number of nitrogens with zero attached hydrogens (tertiary/aromatic N) is 3. The first-order valence-corrected chi connectivity index (χ1v) is 10.2. The summed E-state index contributed by atoms with van der Waals surface area (Å²) < 4.78 is 0. The zero-order valence-corrected chi connectivity index (χ0v) is 16.0. The molecule has 0 aromatic carbocycles. The molecular weight excluding hydrogens is 340 g/mol. The highest BCUT2D eigenvalue weighted by Crippen LogP contribution is 2.34. The Morgan fingerprint density at radius 1 is 1.46 bits per heavy atom. The fraction of sp³-hybridized carbons (Fsp3) is 0.588. The number of nitrogens with two attached hydrogens (primary N) is 1. The number of fused-ring (bicyclic) bond motifs is 1. The number of amides is 1. The fourth-order valence-electron chi connectivity index (χ4n) is 3.29. The SMILES string of the molecule is Cc1sc2ncnc(SCC(=O)N3CCCCC3C(C)N)c2c1C. The van der Waals surface area contributed by atoms with Crippen LogP contribution in [0, 0.1) is 13.8 Å². The minimum Gasteiger partial charge on any atom is -0.337 e. The molecule has 1 amide bonds. The predicted molar refractivity (Wildman–Crippen MR) is 101 cm³/mol. The van der Waals surface area contributed by atoms with Gasteiger partial charge in [-0.2, -0.15) is 0 Å². The maximum Gasteiger partial charge on any atom is 0.233 e. The number of rotatable bonds is 4. The maximum absolute atomic E-state index is 12.7. The molecule has 130 valence electrons. The number of aryl methyl sites for hydroxylation is 2. The molecule has 0 aliphatic carbocycles. The summed E-state index contributed by atoms with van der Waals surface area (Å²) in [7, 11) is 0. The highest BCUT2D eigenvalue weighted by molar-refractivity contribution is 8.00. The molecule has 3 rings (SSSR count). The van der Waals surface area contributed by atoms with Gasteiger partial charge in [0.05, 0.1) is 5.75 Å². The number of piperidine rings is 1. The third kappa shape index (κ3) is 3.43. The van der Waals surface area contributed by atoms with Crippen LogP contribution < -0.4 is 5.73 Å². The van der Waals surface area contributed by atoms with Gasteiger partial charge >= 0.3 is 0 Å². The number of thioether (sulfide) groups is 1. The molecule has 0 radical (unpaired) electrons. The predicted octanol–water partition coefficient (Wildman–Crippen LogP) is 3.13. The molecule has 1 aliphatic heterocycles. The second-order valence-electron chi connectivity index (χ2n) is 6.44.